The van der Waals surface area contributed by atoms with Crippen LogP contribution in [0.15, 0.2) is 24.3 Å². The Hall–Kier alpha value is -0.860. The van der Waals surface area contributed by atoms with Crippen LogP contribution in [0.3, 0.4) is 0 Å². The Morgan fingerprint density at radius 2 is 1.71 bits per heavy atom. The van der Waals surface area contributed by atoms with Gasteiger partial charge in [-0.15, -0.1) is 0 Å². The van der Waals surface area contributed by atoms with Gasteiger partial charge in [0.05, 0.1) is 6.61 Å². The van der Waals surface area contributed by atoms with Crippen molar-refractivity contribution in [3.63, 3.8) is 0 Å². The molecule has 1 aliphatic rings. The van der Waals surface area contributed by atoms with Crippen molar-refractivity contribution >= 4 is 0 Å². The van der Waals surface area contributed by atoms with Gasteiger partial charge in [0.1, 0.15) is 0 Å². The van der Waals surface area contributed by atoms with Crippen molar-refractivity contribution in [2.75, 3.05) is 6.54 Å². The molecule has 1 saturated carbocycles. The molecule has 1 aliphatic carbocycles. The molecule has 0 aromatic heterocycles. The second kappa shape index (κ2) is 5.65. The normalized spacial score (nSPS) is 18.5. The predicted molar refractivity (Wildman–Crippen MR) is 70.6 cm³/mol. The molecule has 1 aromatic carbocycles. The molecule has 2 rings (SSSR count). The van der Waals surface area contributed by atoms with E-state index in [4.69, 9.17) is 5.11 Å². The number of benzene rings is 1. The van der Waals surface area contributed by atoms with Gasteiger partial charge in [-0.25, -0.2) is 0 Å². The van der Waals surface area contributed by atoms with E-state index in [0.717, 1.165) is 18.7 Å². The van der Waals surface area contributed by atoms with E-state index in [0.29, 0.717) is 5.41 Å². The first kappa shape index (κ1) is 12.6. The molecule has 0 spiro atoms. The standard InChI is InChI=1S/C15H23NO/c1-15(8-2-3-9-15)12-16-10-13-4-6-14(11-17)7-5-13/h4-7,16-17H,2-3,8-12H2,1H3. The summed E-state index contributed by atoms with van der Waals surface area (Å²) in [6, 6.07) is 8.17. The number of nitrogens with one attached hydrogen (secondary N) is 1. The van der Waals surface area contributed by atoms with E-state index < -0.39 is 0 Å². The Balaban J connectivity index is 1.77. The SMILES string of the molecule is CC1(CNCc2ccc(CO)cc2)CCCC1. The van der Waals surface area contributed by atoms with E-state index in [9.17, 15) is 0 Å². The van der Waals surface area contributed by atoms with E-state index in [2.05, 4.69) is 24.4 Å². The Kier molecular flexibility index (Phi) is 4.19. The molecule has 0 unspecified atom stereocenters. The smallest absolute Gasteiger partial charge is 0.0681 e. The molecule has 0 heterocycles. The summed E-state index contributed by atoms with van der Waals surface area (Å²) in [7, 11) is 0. The molecule has 0 atom stereocenters. The molecule has 1 aromatic rings. The van der Waals surface area contributed by atoms with Crippen LogP contribution in [0.1, 0.15) is 43.7 Å². The molecule has 0 amide bonds. The third-order valence-corrected chi connectivity index (χ3v) is 3.90. The van der Waals surface area contributed by atoms with Crippen molar-refractivity contribution in [3.05, 3.63) is 35.4 Å². The maximum Gasteiger partial charge on any atom is 0.0681 e. The second-order valence-electron chi connectivity index (χ2n) is 5.60. The van der Waals surface area contributed by atoms with Crippen molar-refractivity contribution in [1.82, 2.24) is 5.32 Å². The number of hydrogen-bond acceptors (Lipinski definition) is 2. The maximum atomic E-state index is 8.97. The Bertz CT molecular complexity index is 338. The van der Waals surface area contributed by atoms with E-state index in [1.54, 1.807) is 0 Å². The van der Waals surface area contributed by atoms with Crippen LogP contribution in [-0.2, 0) is 13.2 Å². The third kappa shape index (κ3) is 3.55. The van der Waals surface area contributed by atoms with Crippen LogP contribution in [0.4, 0.5) is 0 Å². The summed E-state index contributed by atoms with van der Waals surface area (Å²) in [4.78, 5) is 0. The molecule has 94 valence electrons. The van der Waals surface area contributed by atoms with Crippen molar-refractivity contribution in [1.29, 1.82) is 0 Å². The average molecular weight is 233 g/mol. The van der Waals surface area contributed by atoms with Crippen molar-refractivity contribution < 1.29 is 5.11 Å². The minimum atomic E-state index is 0.131. The molecule has 0 radical (unpaired) electrons. The maximum absolute atomic E-state index is 8.97. The molecule has 1 fully saturated rings. The zero-order valence-corrected chi connectivity index (χ0v) is 10.7. The van der Waals surface area contributed by atoms with E-state index in [1.807, 2.05) is 12.1 Å². The second-order valence-corrected chi connectivity index (χ2v) is 5.60. The number of aliphatic hydroxyl groups is 1. The van der Waals surface area contributed by atoms with Crippen LogP contribution in [0, 0.1) is 5.41 Å². The predicted octanol–water partition coefficient (Wildman–Crippen LogP) is 2.85. The minimum absolute atomic E-state index is 0.131. The van der Waals surface area contributed by atoms with E-state index in [-0.39, 0.29) is 6.61 Å². The molecule has 0 bridgehead atoms. The van der Waals surface area contributed by atoms with Crippen LogP contribution in [-0.4, -0.2) is 11.7 Å². The Morgan fingerprint density at radius 3 is 2.29 bits per heavy atom. The van der Waals surface area contributed by atoms with Gasteiger partial charge in [0, 0.05) is 13.1 Å². The average Bonchev–Trinajstić information content (AvgIpc) is 2.77. The van der Waals surface area contributed by atoms with Crippen LogP contribution in [0.2, 0.25) is 0 Å². The molecule has 2 heteroatoms. The largest absolute Gasteiger partial charge is 0.392 e. The first-order chi connectivity index (χ1) is 8.22. The topological polar surface area (TPSA) is 32.3 Å². The number of aliphatic hydroxyl groups excluding tert-OH is 1. The van der Waals surface area contributed by atoms with Crippen molar-refractivity contribution in [2.45, 2.75) is 45.8 Å². The fourth-order valence-corrected chi connectivity index (χ4v) is 2.68. The molecule has 17 heavy (non-hydrogen) atoms. The summed E-state index contributed by atoms with van der Waals surface area (Å²) >= 11 is 0. The zero-order chi connectivity index (χ0) is 12.1. The van der Waals surface area contributed by atoms with Gasteiger partial charge in [-0.3, -0.25) is 0 Å². The number of hydrogen-bond donors (Lipinski definition) is 2. The summed E-state index contributed by atoms with van der Waals surface area (Å²) in [6.45, 7) is 4.57. The molecular formula is C15H23NO. The van der Waals surface area contributed by atoms with Crippen molar-refractivity contribution in [3.8, 4) is 0 Å². The molecule has 0 saturated heterocycles. The quantitative estimate of drug-likeness (QED) is 0.819. The Morgan fingerprint density at radius 1 is 1.12 bits per heavy atom. The van der Waals surface area contributed by atoms with Gasteiger partial charge in [0.25, 0.3) is 0 Å². The van der Waals surface area contributed by atoms with Gasteiger partial charge in [-0.05, 0) is 29.4 Å². The lowest BCUT2D eigenvalue weighted by Crippen LogP contribution is -2.29. The van der Waals surface area contributed by atoms with Crippen LogP contribution >= 0.6 is 0 Å². The van der Waals surface area contributed by atoms with Crippen LogP contribution < -0.4 is 5.32 Å². The van der Waals surface area contributed by atoms with Gasteiger partial charge < -0.3 is 10.4 Å². The Labute approximate surface area is 104 Å². The zero-order valence-electron chi connectivity index (χ0n) is 10.7. The first-order valence-corrected chi connectivity index (χ1v) is 6.61. The van der Waals surface area contributed by atoms with Gasteiger partial charge >= 0.3 is 0 Å². The van der Waals surface area contributed by atoms with Gasteiger partial charge in [0.15, 0.2) is 0 Å². The highest BCUT2D eigenvalue weighted by Crippen LogP contribution is 2.36. The highest BCUT2D eigenvalue weighted by atomic mass is 16.3. The minimum Gasteiger partial charge on any atom is -0.392 e. The monoisotopic (exact) mass is 233 g/mol. The summed E-state index contributed by atoms with van der Waals surface area (Å²) in [6.07, 6.45) is 5.51. The lowest BCUT2D eigenvalue weighted by Gasteiger charge is -2.23. The van der Waals surface area contributed by atoms with E-state index >= 15 is 0 Å². The summed E-state index contributed by atoms with van der Waals surface area (Å²) in [5.74, 6) is 0. The molecule has 0 aliphatic heterocycles. The highest BCUT2D eigenvalue weighted by molar-refractivity contribution is 5.21. The molecule has 2 nitrogen and oxygen atoms in total. The van der Waals surface area contributed by atoms with Gasteiger partial charge in [-0.1, -0.05) is 44.0 Å². The van der Waals surface area contributed by atoms with Gasteiger partial charge in [-0.2, -0.15) is 0 Å². The fraction of sp³-hybridized carbons (Fsp3) is 0.600. The van der Waals surface area contributed by atoms with Gasteiger partial charge in [0.2, 0.25) is 0 Å². The fourth-order valence-electron chi connectivity index (χ4n) is 2.68. The van der Waals surface area contributed by atoms with Crippen LogP contribution in [0.5, 0.6) is 0 Å². The third-order valence-electron chi connectivity index (χ3n) is 3.90. The van der Waals surface area contributed by atoms with E-state index in [1.165, 1.54) is 31.2 Å². The van der Waals surface area contributed by atoms with Crippen molar-refractivity contribution in [2.24, 2.45) is 5.41 Å². The molecular weight excluding hydrogens is 210 g/mol. The first-order valence-electron chi connectivity index (χ1n) is 6.61. The number of rotatable bonds is 5. The highest BCUT2D eigenvalue weighted by Gasteiger charge is 2.27. The lowest BCUT2D eigenvalue weighted by molar-refractivity contribution is 0.282. The summed E-state index contributed by atoms with van der Waals surface area (Å²) < 4.78 is 0. The van der Waals surface area contributed by atoms with Crippen LogP contribution in [0.25, 0.3) is 0 Å². The summed E-state index contributed by atoms with van der Waals surface area (Å²) in [5.41, 5.74) is 2.80. The molecule has 2 N–H and O–H groups in total. The lowest BCUT2D eigenvalue weighted by atomic mass is 9.89. The summed E-state index contributed by atoms with van der Waals surface area (Å²) in [5, 5.41) is 12.5.